The van der Waals surface area contributed by atoms with Crippen molar-refractivity contribution in [3.63, 3.8) is 0 Å². The summed E-state index contributed by atoms with van der Waals surface area (Å²) < 4.78 is 20.9. The van der Waals surface area contributed by atoms with Crippen molar-refractivity contribution in [1.82, 2.24) is 4.98 Å². The highest BCUT2D eigenvalue weighted by atomic mass is 16.5. The molecule has 32 heavy (non-hydrogen) atoms. The number of methoxy groups -OCH3 is 4. The SMILES string of the molecule is COc1ccc(NC(=O)c2ccnc(C(=O)Nc3ccc(OC)c(OC)c3)c2)cc1OC. The predicted molar refractivity (Wildman–Crippen MR) is 119 cm³/mol. The third-order valence-corrected chi connectivity index (χ3v) is 4.54. The molecule has 0 aliphatic carbocycles. The van der Waals surface area contributed by atoms with Gasteiger partial charge in [-0.05, 0) is 36.4 Å². The summed E-state index contributed by atoms with van der Waals surface area (Å²) in [4.78, 5) is 29.4. The van der Waals surface area contributed by atoms with E-state index in [-0.39, 0.29) is 11.3 Å². The lowest BCUT2D eigenvalue weighted by Crippen LogP contribution is -2.17. The Hall–Kier alpha value is -4.27. The van der Waals surface area contributed by atoms with E-state index in [2.05, 4.69) is 15.6 Å². The van der Waals surface area contributed by atoms with Gasteiger partial charge in [-0.25, -0.2) is 0 Å². The zero-order valence-corrected chi connectivity index (χ0v) is 18.1. The van der Waals surface area contributed by atoms with Crippen molar-refractivity contribution >= 4 is 23.2 Å². The summed E-state index contributed by atoms with van der Waals surface area (Å²) >= 11 is 0. The Labute approximate surface area is 185 Å². The van der Waals surface area contributed by atoms with E-state index < -0.39 is 11.8 Å². The first kappa shape index (κ1) is 22.4. The van der Waals surface area contributed by atoms with Gasteiger partial charge >= 0.3 is 0 Å². The van der Waals surface area contributed by atoms with Crippen molar-refractivity contribution < 1.29 is 28.5 Å². The lowest BCUT2D eigenvalue weighted by Gasteiger charge is -2.11. The van der Waals surface area contributed by atoms with Crippen LogP contribution in [0.25, 0.3) is 0 Å². The molecule has 1 heterocycles. The van der Waals surface area contributed by atoms with Crippen LogP contribution in [-0.2, 0) is 0 Å². The van der Waals surface area contributed by atoms with Gasteiger partial charge < -0.3 is 29.6 Å². The molecule has 2 N–H and O–H groups in total. The standard InChI is InChI=1S/C23H23N3O6/c1-29-18-7-5-15(12-20(18)31-3)25-22(27)14-9-10-24-17(11-14)23(28)26-16-6-8-19(30-2)21(13-16)32-4/h5-13H,1-4H3,(H,25,27)(H,26,28). The van der Waals surface area contributed by atoms with Gasteiger partial charge in [0.05, 0.1) is 28.4 Å². The van der Waals surface area contributed by atoms with Crippen molar-refractivity contribution in [3.8, 4) is 23.0 Å². The molecule has 2 aromatic carbocycles. The van der Waals surface area contributed by atoms with Crippen molar-refractivity contribution in [1.29, 1.82) is 0 Å². The van der Waals surface area contributed by atoms with Gasteiger partial charge in [-0.3, -0.25) is 14.6 Å². The number of benzene rings is 2. The molecule has 1 aromatic heterocycles. The van der Waals surface area contributed by atoms with E-state index in [9.17, 15) is 9.59 Å². The van der Waals surface area contributed by atoms with Crippen LogP contribution < -0.4 is 29.6 Å². The van der Waals surface area contributed by atoms with Crippen LogP contribution in [0.5, 0.6) is 23.0 Å². The highest BCUT2D eigenvalue weighted by molar-refractivity contribution is 6.08. The highest BCUT2D eigenvalue weighted by Crippen LogP contribution is 2.31. The molecule has 0 fully saturated rings. The van der Waals surface area contributed by atoms with Gasteiger partial charge in [-0.1, -0.05) is 0 Å². The molecule has 0 bridgehead atoms. The Morgan fingerprint density at radius 2 is 1.16 bits per heavy atom. The van der Waals surface area contributed by atoms with Crippen LogP contribution in [0.1, 0.15) is 20.8 Å². The molecule has 166 valence electrons. The number of hydrogen-bond donors (Lipinski definition) is 2. The third kappa shape index (κ3) is 5.07. The van der Waals surface area contributed by atoms with Gasteiger partial charge in [0.25, 0.3) is 11.8 Å². The summed E-state index contributed by atoms with van der Waals surface area (Å²) in [5.74, 6) is 1.16. The number of anilines is 2. The second-order valence-electron chi connectivity index (χ2n) is 6.48. The molecule has 0 saturated heterocycles. The summed E-state index contributed by atoms with van der Waals surface area (Å²) in [6.07, 6.45) is 1.40. The van der Waals surface area contributed by atoms with Crippen LogP contribution in [0.3, 0.4) is 0 Å². The number of pyridine rings is 1. The van der Waals surface area contributed by atoms with E-state index in [0.717, 1.165) is 0 Å². The Balaban J connectivity index is 1.74. The Kier molecular flexibility index (Phi) is 7.12. The Morgan fingerprint density at radius 1 is 0.656 bits per heavy atom. The normalized spacial score (nSPS) is 10.1. The molecule has 0 radical (unpaired) electrons. The fourth-order valence-electron chi connectivity index (χ4n) is 2.92. The summed E-state index contributed by atoms with van der Waals surface area (Å²) in [6.45, 7) is 0. The Morgan fingerprint density at radius 3 is 1.66 bits per heavy atom. The molecule has 0 saturated carbocycles. The van der Waals surface area contributed by atoms with Gasteiger partial charge in [0.2, 0.25) is 0 Å². The molecule has 9 nitrogen and oxygen atoms in total. The molecule has 3 aromatic rings. The number of ether oxygens (including phenoxy) is 4. The van der Waals surface area contributed by atoms with E-state index in [1.54, 1.807) is 36.4 Å². The minimum atomic E-state index is -0.474. The summed E-state index contributed by atoms with van der Waals surface area (Å²) in [5, 5.41) is 5.49. The van der Waals surface area contributed by atoms with Crippen LogP contribution in [0.15, 0.2) is 54.7 Å². The number of hydrogen-bond acceptors (Lipinski definition) is 7. The maximum Gasteiger partial charge on any atom is 0.274 e. The van der Waals surface area contributed by atoms with E-state index in [4.69, 9.17) is 18.9 Å². The third-order valence-electron chi connectivity index (χ3n) is 4.54. The number of carbonyl (C=O) groups excluding carboxylic acids is 2. The average molecular weight is 437 g/mol. The molecule has 3 rings (SSSR count). The first-order valence-electron chi connectivity index (χ1n) is 9.51. The largest absolute Gasteiger partial charge is 0.493 e. The molecular weight excluding hydrogens is 414 g/mol. The van der Waals surface area contributed by atoms with Crippen LogP contribution in [0.2, 0.25) is 0 Å². The number of nitrogens with zero attached hydrogens (tertiary/aromatic N) is 1. The van der Waals surface area contributed by atoms with E-state index in [1.807, 2.05) is 0 Å². The second-order valence-corrected chi connectivity index (χ2v) is 6.48. The molecule has 0 aliphatic heterocycles. The summed E-state index contributed by atoms with van der Waals surface area (Å²) in [6, 6.07) is 12.9. The topological polar surface area (TPSA) is 108 Å². The fourth-order valence-corrected chi connectivity index (χ4v) is 2.92. The van der Waals surface area contributed by atoms with Crippen molar-refractivity contribution in [3.05, 3.63) is 66.0 Å². The van der Waals surface area contributed by atoms with Gasteiger partial charge in [0.1, 0.15) is 5.69 Å². The van der Waals surface area contributed by atoms with Gasteiger partial charge in [0.15, 0.2) is 23.0 Å². The number of carbonyl (C=O) groups is 2. The monoisotopic (exact) mass is 437 g/mol. The maximum atomic E-state index is 12.7. The zero-order valence-electron chi connectivity index (χ0n) is 18.1. The molecular formula is C23H23N3O6. The zero-order chi connectivity index (χ0) is 23.1. The molecule has 2 amide bonds. The summed E-state index contributed by atoms with van der Waals surface area (Å²) in [5.41, 5.74) is 1.36. The molecule has 0 atom stereocenters. The molecule has 0 aliphatic rings. The van der Waals surface area contributed by atoms with Crippen LogP contribution >= 0.6 is 0 Å². The summed E-state index contributed by atoms with van der Waals surface area (Å²) in [7, 11) is 6.07. The van der Waals surface area contributed by atoms with E-state index in [0.29, 0.717) is 34.4 Å². The maximum absolute atomic E-state index is 12.7. The number of rotatable bonds is 8. The lowest BCUT2D eigenvalue weighted by molar-refractivity contribution is 0.102. The van der Waals surface area contributed by atoms with Crippen LogP contribution in [-0.4, -0.2) is 45.2 Å². The number of aromatic nitrogens is 1. The molecule has 0 unspecified atom stereocenters. The predicted octanol–water partition coefficient (Wildman–Crippen LogP) is 3.62. The van der Waals surface area contributed by atoms with E-state index in [1.165, 1.54) is 46.8 Å². The van der Waals surface area contributed by atoms with Crippen molar-refractivity contribution in [2.45, 2.75) is 0 Å². The highest BCUT2D eigenvalue weighted by Gasteiger charge is 2.14. The van der Waals surface area contributed by atoms with Gasteiger partial charge in [-0.2, -0.15) is 0 Å². The molecule has 9 heteroatoms. The second kappa shape index (κ2) is 10.2. The minimum absolute atomic E-state index is 0.0831. The first-order chi connectivity index (χ1) is 15.5. The quantitative estimate of drug-likeness (QED) is 0.554. The smallest absolute Gasteiger partial charge is 0.274 e. The van der Waals surface area contributed by atoms with Gasteiger partial charge in [0, 0.05) is 35.3 Å². The van der Waals surface area contributed by atoms with Gasteiger partial charge in [-0.15, -0.1) is 0 Å². The lowest BCUT2D eigenvalue weighted by atomic mass is 10.2. The van der Waals surface area contributed by atoms with Crippen LogP contribution in [0.4, 0.5) is 11.4 Å². The van der Waals surface area contributed by atoms with Crippen molar-refractivity contribution in [2.75, 3.05) is 39.1 Å². The fraction of sp³-hybridized carbons (Fsp3) is 0.174. The Bertz CT molecular complexity index is 1050. The molecule has 0 spiro atoms. The van der Waals surface area contributed by atoms with E-state index >= 15 is 0 Å². The average Bonchev–Trinajstić information content (AvgIpc) is 2.83. The number of nitrogens with one attached hydrogen (secondary N) is 2. The van der Waals surface area contributed by atoms with Crippen molar-refractivity contribution in [2.24, 2.45) is 0 Å². The van der Waals surface area contributed by atoms with Crippen LogP contribution in [0, 0.1) is 0 Å². The minimum Gasteiger partial charge on any atom is -0.493 e. The number of amides is 2. The first-order valence-corrected chi connectivity index (χ1v) is 9.51.